The summed E-state index contributed by atoms with van der Waals surface area (Å²) in [5.74, 6) is -0.935. The van der Waals surface area contributed by atoms with Crippen LogP contribution in [0, 0.1) is 10.1 Å². The molecule has 0 aliphatic carbocycles. The van der Waals surface area contributed by atoms with Gasteiger partial charge in [0.2, 0.25) is 0 Å². The van der Waals surface area contributed by atoms with Gasteiger partial charge in [0.1, 0.15) is 0 Å². The van der Waals surface area contributed by atoms with Crippen molar-refractivity contribution in [3.63, 3.8) is 0 Å². The SMILES string of the molecule is O=C(NN=Cc1ccccc1Cl)c1ccc(NC(=O)c2cccc([N+](=O)[O-])c2)cc1. The maximum atomic E-state index is 12.3. The van der Waals surface area contributed by atoms with Gasteiger partial charge in [0, 0.05) is 39.5 Å². The summed E-state index contributed by atoms with van der Waals surface area (Å²) in [6, 6.07) is 18.6. The molecule has 0 aliphatic rings. The van der Waals surface area contributed by atoms with Gasteiger partial charge >= 0.3 is 0 Å². The Morgan fingerprint density at radius 1 is 0.933 bits per heavy atom. The number of hydrazone groups is 1. The summed E-state index contributed by atoms with van der Waals surface area (Å²) >= 11 is 6.01. The van der Waals surface area contributed by atoms with E-state index in [9.17, 15) is 19.7 Å². The van der Waals surface area contributed by atoms with E-state index >= 15 is 0 Å². The number of hydrogen-bond donors (Lipinski definition) is 2. The molecule has 0 aliphatic heterocycles. The molecule has 0 heterocycles. The van der Waals surface area contributed by atoms with Crippen molar-refractivity contribution >= 4 is 41.0 Å². The van der Waals surface area contributed by atoms with Crippen molar-refractivity contribution in [1.82, 2.24) is 5.43 Å². The van der Waals surface area contributed by atoms with Crippen molar-refractivity contribution in [3.05, 3.63) is 105 Å². The van der Waals surface area contributed by atoms with Crippen LogP contribution in [0.15, 0.2) is 77.9 Å². The second kappa shape index (κ2) is 9.44. The lowest BCUT2D eigenvalue weighted by Gasteiger charge is -2.06. The second-order valence-electron chi connectivity index (χ2n) is 6.06. The molecular formula is C21H15ClN4O4. The number of carbonyl (C=O) groups is 2. The Hall–Kier alpha value is -4.04. The smallest absolute Gasteiger partial charge is 0.271 e. The van der Waals surface area contributed by atoms with E-state index in [2.05, 4.69) is 15.8 Å². The Morgan fingerprint density at radius 3 is 2.37 bits per heavy atom. The number of nitro benzene ring substituents is 1. The molecule has 0 fully saturated rings. The van der Waals surface area contributed by atoms with Gasteiger partial charge in [-0.25, -0.2) is 5.43 Å². The molecular weight excluding hydrogens is 408 g/mol. The first kappa shape index (κ1) is 20.7. The number of halogens is 1. The summed E-state index contributed by atoms with van der Waals surface area (Å²) in [5.41, 5.74) is 3.81. The van der Waals surface area contributed by atoms with Crippen LogP contribution in [-0.4, -0.2) is 23.0 Å². The highest BCUT2D eigenvalue weighted by molar-refractivity contribution is 6.33. The second-order valence-corrected chi connectivity index (χ2v) is 6.47. The zero-order valence-corrected chi connectivity index (χ0v) is 16.2. The normalized spacial score (nSPS) is 10.6. The molecule has 0 unspecified atom stereocenters. The topological polar surface area (TPSA) is 114 Å². The average Bonchev–Trinajstić information content (AvgIpc) is 2.75. The first-order valence-corrected chi connectivity index (χ1v) is 9.05. The molecule has 3 aromatic rings. The standard InChI is InChI=1S/C21H15ClN4O4/c22-19-7-2-1-4-16(19)13-23-25-21(28)14-8-10-17(11-9-14)24-20(27)15-5-3-6-18(12-15)26(29)30/h1-13H,(H,24,27)(H,25,28). The first-order chi connectivity index (χ1) is 14.4. The van der Waals surface area contributed by atoms with Crippen molar-refractivity contribution in [2.45, 2.75) is 0 Å². The van der Waals surface area contributed by atoms with Crippen LogP contribution in [-0.2, 0) is 0 Å². The molecule has 0 spiro atoms. The van der Waals surface area contributed by atoms with E-state index in [1.54, 1.807) is 36.4 Å². The van der Waals surface area contributed by atoms with Crippen molar-refractivity contribution in [3.8, 4) is 0 Å². The largest absolute Gasteiger partial charge is 0.322 e. The van der Waals surface area contributed by atoms with Gasteiger partial charge in [-0.1, -0.05) is 35.9 Å². The lowest BCUT2D eigenvalue weighted by atomic mass is 10.1. The van der Waals surface area contributed by atoms with Crippen molar-refractivity contribution in [2.24, 2.45) is 5.10 Å². The molecule has 2 amide bonds. The Balaban J connectivity index is 1.61. The number of hydrogen-bond acceptors (Lipinski definition) is 5. The molecule has 0 radical (unpaired) electrons. The number of nitro groups is 1. The third-order valence-electron chi connectivity index (χ3n) is 4.00. The highest BCUT2D eigenvalue weighted by atomic mass is 35.5. The predicted molar refractivity (Wildman–Crippen MR) is 114 cm³/mol. The van der Waals surface area contributed by atoms with E-state index in [1.807, 2.05) is 0 Å². The molecule has 0 bridgehead atoms. The summed E-state index contributed by atoms with van der Waals surface area (Å²) in [6.07, 6.45) is 1.44. The van der Waals surface area contributed by atoms with Crippen LogP contribution in [0.4, 0.5) is 11.4 Å². The van der Waals surface area contributed by atoms with Gasteiger partial charge in [0.15, 0.2) is 0 Å². The number of rotatable bonds is 6. The van der Waals surface area contributed by atoms with Gasteiger partial charge in [-0.05, 0) is 36.4 Å². The quantitative estimate of drug-likeness (QED) is 0.351. The summed E-state index contributed by atoms with van der Waals surface area (Å²) in [4.78, 5) is 34.7. The van der Waals surface area contributed by atoms with Crippen molar-refractivity contribution in [1.29, 1.82) is 0 Å². The van der Waals surface area contributed by atoms with E-state index in [0.717, 1.165) is 0 Å². The summed E-state index contributed by atoms with van der Waals surface area (Å²) in [6.45, 7) is 0. The van der Waals surface area contributed by atoms with Gasteiger partial charge in [-0.2, -0.15) is 5.10 Å². The fourth-order valence-electron chi connectivity index (χ4n) is 2.47. The monoisotopic (exact) mass is 422 g/mol. The number of benzene rings is 3. The maximum absolute atomic E-state index is 12.3. The van der Waals surface area contributed by atoms with Crippen LogP contribution >= 0.6 is 11.6 Å². The molecule has 3 aromatic carbocycles. The number of nitrogens with one attached hydrogen (secondary N) is 2. The van der Waals surface area contributed by atoms with Gasteiger partial charge in [0.05, 0.1) is 11.1 Å². The number of non-ortho nitro benzene ring substituents is 1. The van der Waals surface area contributed by atoms with E-state index < -0.39 is 16.7 Å². The van der Waals surface area contributed by atoms with E-state index in [-0.39, 0.29) is 11.3 Å². The first-order valence-electron chi connectivity index (χ1n) is 8.68. The molecule has 8 nitrogen and oxygen atoms in total. The fraction of sp³-hybridized carbons (Fsp3) is 0. The van der Waals surface area contributed by atoms with Crippen LogP contribution in [0.5, 0.6) is 0 Å². The van der Waals surface area contributed by atoms with Crippen molar-refractivity contribution < 1.29 is 14.5 Å². The van der Waals surface area contributed by atoms with E-state index in [0.29, 0.717) is 21.8 Å². The van der Waals surface area contributed by atoms with Gasteiger partial charge in [0.25, 0.3) is 17.5 Å². The Morgan fingerprint density at radius 2 is 1.67 bits per heavy atom. The number of carbonyl (C=O) groups excluding carboxylic acids is 2. The minimum atomic E-state index is -0.571. The molecule has 3 rings (SSSR count). The number of nitrogens with zero attached hydrogens (tertiary/aromatic N) is 2. The van der Waals surface area contributed by atoms with Crippen LogP contribution in [0.1, 0.15) is 26.3 Å². The molecule has 0 atom stereocenters. The molecule has 150 valence electrons. The molecule has 0 saturated carbocycles. The van der Waals surface area contributed by atoms with Gasteiger partial charge < -0.3 is 5.32 Å². The van der Waals surface area contributed by atoms with Crippen molar-refractivity contribution in [2.75, 3.05) is 5.32 Å². The van der Waals surface area contributed by atoms with Crippen LogP contribution in [0.25, 0.3) is 0 Å². The lowest BCUT2D eigenvalue weighted by Crippen LogP contribution is -2.18. The van der Waals surface area contributed by atoms with Crippen LogP contribution < -0.4 is 10.7 Å². The maximum Gasteiger partial charge on any atom is 0.271 e. The zero-order chi connectivity index (χ0) is 21.5. The fourth-order valence-corrected chi connectivity index (χ4v) is 2.66. The van der Waals surface area contributed by atoms with Gasteiger partial charge in [-0.15, -0.1) is 0 Å². The molecule has 2 N–H and O–H groups in total. The highest BCUT2D eigenvalue weighted by Gasteiger charge is 2.12. The third kappa shape index (κ3) is 5.27. The Labute approximate surface area is 176 Å². The molecule has 0 saturated heterocycles. The molecule has 30 heavy (non-hydrogen) atoms. The minimum absolute atomic E-state index is 0.153. The highest BCUT2D eigenvalue weighted by Crippen LogP contribution is 2.16. The summed E-state index contributed by atoms with van der Waals surface area (Å²) in [7, 11) is 0. The third-order valence-corrected chi connectivity index (χ3v) is 4.34. The van der Waals surface area contributed by atoms with E-state index in [1.165, 1.54) is 42.6 Å². The number of anilines is 1. The average molecular weight is 423 g/mol. The van der Waals surface area contributed by atoms with Gasteiger partial charge in [-0.3, -0.25) is 19.7 Å². The number of amides is 2. The van der Waals surface area contributed by atoms with Crippen LogP contribution in [0.3, 0.4) is 0 Å². The minimum Gasteiger partial charge on any atom is -0.322 e. The zero-order valence-electron chi connectivity index (χ0n) is 15.4. The van der Waals surface area contributed by atoms with E-state index in [4.69, 9.17) is 11.6 Å². The Bertz CT molecular complexity index is 1130. The lowest BCUT2D eigenvalue weighted by molar-refractivity contribution is -0.384. The Kier molecular flexibility index (Phi) is 6.51. The molecule has 9 heteroatoms. The van der Waals surface area contributed by atoms with Crippen LogP contribution in [0.2, 0.25) is 5.02 Å². The molecule has 0 aromatic heterocycles. The predicted octanol–water partition coefficient (Wildman–Crippen LogP) is 4.26. The summed E-state index contributed by atoms with van der Waals surface area (Å²) in [5, 5.41) is 17.8. The summed E-state index contributed by atoms with van der Waals surface area (Å²) < 4.78 is 0.